The van der Waals surface area contributed by atoms with Gasteiger partial charge in [-0.3, -0.25) is 0 Å². The first-order valence-electron chi connectivity index (χ1n) is 6.67. The quantitative estimate of drug-likeness (QED) is 0.610. The monoisotopic (exact) mass is 310 g/mol. The molecule has 22 heavy (non-hydrogen) atoms. The highest BCUT2D eigenvalue weighted by molar-refractivity contribution is 6.30. The zero-order valence-electron chi connectivity index (χ0n) is 11.4. The Morgan fingerprint density at radius 3 is 2.59 bits per heavy atom. The summed E-state index contributed by atoms with van der Waals surface area (Å²) in [5.74, 6) is 1.62. The van der Waals surface area contributed by atoms with Gasteiger partial charge in [-0.05, 0) is 47.5 Å². The van der Waals surface area contributed by atoms with E-state index in [9.17, 15) is 0 Å². The lowest BCUT2D eigenvalue weighted by Crippen LogP contribution is -1.98. The van der Waals surface area contributed by atoms with Gasteiger partial charge < -0.3 is 10.2 Å². The number of nitrogens with zero attached hydrogens (tertiary/aromatic N) is 3. The fourth-order valence-corrected chi connectivity index (χ4v) is 2.45. The molecule has 0 saturated heterocycles. The van der Waals surface area contributed by atoms with Gasteiger partial charge in [0.2, 0.25) is 5.82 Å². The molecule has 3 aromatic heterocycles. The molecular formula is C16H11ClN4O. The van der Waals surface area contributed by atoms with Crippen LogP contribution in [0.2, 0.25) is 5.02 Å². The van der Waals surface area contributed by atoms with Crippen LogP contribution in [0.15, 0.2) is 59.2 Å². The standard InChI is InChI=1S/C16H11ClN4O/c17-12-5-3-10(4-6-12)11-8-14(18)21-15(9-11)19-16(20-21)13-2-1-7-22-13/h1-9H,18H2. The summed E-state index contributed by atoms with van der Waals surface area (Å²) in [5, 5.41) is 5.06. The highest BCUT2D eigenvalue weighted by atomic mass is 35.5. The van der Waals surface area contributed by atoms with Crippen LogP contribution in [0.5, 0.6) is 0 Å². The van der Waals surface area contributed by atoms with Crippen LogP contribution >= 0.6 is 11.6 Å². The van der Waals surface area contributed by atoms with E-state index in [1.807, 2.05) is 42.5 Å². The molecule has 4 rings (SSSR count). The molecule has 0 unspecified atom stereocenters. The van der Waals surface area contributed by atoms with E-state index in [4.69, 9.17) is 21.8 Å². The van der Waals surface area contributed by atoms with E-state index in [1.54, 1.807) is 16.8 Å². The van der Waals surface area contributed by atoms with E-state index in [0.29, 0.717) is 28.1 Å². The molecular weight excluding hydrogens is 300 g/mol. The maximum absolute atomic E-state index is 6.09. The number of benzene rings is 1. The Morgan fingerprint density at radius 2 is 1.86 bits per heavy atom. The highest BCUT2D eigenvalue weighted by Gasteiger charge is 2.12. The topological polar surface area (TPSA) is 69.3 Å². The fraction of sp³-hybridized carbons (Fsp3) is 0. The lowest BCUT2D eigenvalue weighted by Gasteiger charge is -2.04. The van der Waals surface area contributed by atoms with E-state index >= 15 is 0 Å². The average Bonchev–Trinajstić information content (AvgIpc) is 3.17. The number of hydrogen-bond acceptors (Lipinski definition) is 4. The van der Waals surface area contributed by atoms with Gasteiger partial charge in [0.1, 0.15) is 5.82 Å². The molecule has 0 aliphatic carbocycles. The first-order chi connectivity index (χ1) is 10.7. The fourth-order valence-electron chi connectivity index (χ4n) is 2.33. The third-order valence-corrected chi connectivity index (χ3v) is 3.64. The minimum Gasteiger partial charge on any atom is -0.461 e. The van der Waals surface area contributed by atoms with Gasteiger partial charge in [-0.15, -0.1) is 5.10 Å². The predicted octanol–water partition coefficient (Wildman–Crippen LogP) is 3.89. The molecule has 6 heteroatoms. The van der Waals surface area contributed by atoms with E-state index < -0.39 is 0 Å². The molecule has 0 spiro atoms. The molecule has 108 valence electrons. The van der Waals surface area contributed by atoms with Crippen LogP contribution in [-0.4, -0.2) is 14.6 Å². The van der Waals surface area contributed by atoms with Crippen molar-refractivity contribution < 1.29 is 4.42 Å². The van der Waals surface area contributed by atoms with Crippen LogP contribution in [0, 0.1) is 0 Å². The lowest BCUT2D eigenvalue weighted by atomic mass is 10.1. The van der Waals surface area contributed by atoms with E-state index in [0.717, 1.165) is 11.1 Å². The Hall–Kier alpha value is -2.79. The number of hydrogen-bond donors (Lipinski definition) is 1. The normalized spacial score (nSPS) is 11.1. The summed E-state index contributed by atoms with van der Waals surface area (Å²) < 4.78 is 6.92. The predicted molar refractivity (Wildman–Crippen MR) is 85.5 cm³/mol. The van der Waals surface area contributed by atoms with Crippen molar-refractivity contribution in [1.82, 2.24) is 14.6 Å². The maximum atomic E-state index is 6.09. The summed E-state index contributed by atoms with van der Waals surface area (Å²) in [7, 11) is 0. The van der Waals surface area contributed by atoms with Gasteiger partial charge in [0.05, 0.1) is 6.26 Å². The maximum Gasteiger partial charge on any atom is 0.217 e. The molecule has 0 amide bonds. The van der Waals surface area contributed by atoms with Crippen LogP contribution in [0.25, 0.3) is 28.4 Å². The minimum atomic E-state index is 0.505. The first-order valence-corrected chi connectivity index (χ1v) is 7.04. The molecule has 0 fully saturated rings. The summed E-state index contributed by atoms with van der Waals surface area (Å²) in [4.78, 5) is 4.47. The van der Waals surface area contributed by atoms with Crippen LogP contribution < -0.4 is 5.73 Å². The van der Waals surface area contributed by atoms with Gasteiger partial charge in [0, 0.05) is 5.02 Å². The number of rotatable bonds is 2. The van der Waals surface area contributed by atoms with Crippen molar-refractivity contribution in [1.29, 1.82) is 0 Å². The van der Waals surface area contributed by atoms with Crippen molar-refractivity contribution in [3.05, 3.63) is 59.8 Å². The van der Waals surface area contributed by atoms with E-state index in [1.165, 1.54) is 0 Å². The number of nitrogen functional groups attached to an aromatic ring is 1. The molecule has 0 aliphatic rings. The number of nitrogens with two attached hydrogens (primary N) is 1. The van der Waals surface area contributed by atoms with Crippen LogP contribution in [0.4, 0.5) is 5.82 Å². The summed E-state index contributed by atoms with van der Waals surface area (Å²) >= 11 is 5.92. The zero-order chi connectivity index (χ0) is 15.1. The Labute approximate surface area is 131 Å². The molecule has 2 N–H and O–H groups in total. The van der Waals surface area contributed by atoms with Crippen LogP contribution in [0.3, 0.4) is 0 Å². The lowest BCUT2D eigenvalue weighted by molar-refractivity contribution is 0.577. The Kier molecular flexibility index (Phi) is 2.87. The second-order valence-electron chi connectivity index (χ2n) is 4.86. The van der Waals surface area contributed by atoms with Gasteiger partial charge in [0.25, 0.3) is 0 Å². The van der Waals surface area contributed by atoms with Crippen molar-refractivity contribution in [2.45, 2.75) is 0 Å². The van der Waals surface area contributed by atoms with Crippen LogP contribution in [-0.2, 0) is 0 Å². The molecule has 0 atom stereocenters. The van der Waals surface area contributed by atoms with Gasteiger partial charge in [-0.2, -0.15) is 4.52 Å². The van der Waals surface area contributed by atoms with Gasteiger partial charge >= 0.3 is 0 Å². The summed E-state index contributed by atoms with van der Waals surface area (Å²) in [6, 6.07) is 15.0. The number of halogens is 1. The van der Waals surface area contributed by atoms with Crippen LogP contribution in [0.1, 0.15) is 0 Å². The third-order valence-electron chi connectivity index (χ3n) is 3.38. The van der Waals surface area contributed by atoms with Crippen molar-refractivity contribution in [3.8, 4) is 22.7 Å². The summed E-state index contributed by atoms with van der Waals surface area (Å²) in [6.07, 6.45) is 1.59. The van der Waals surface area contributed by atoms with Crippen molar-refractivity contribution in [2.24, 2.45) is 0 Å². The Bertz CT molecular complexity index is 942. The Balaban J connectivity index is 1.87. The average molecular weight is 311 g/mol. The molecule has 0 bridgehead atoms. The summed E-state index contributed by atoms with van der Waals surface area (Å²) in [6.45, 7) is 0. The smallest absolute Gasteiger partial charge is 0.217 e. The SMILES string of the molecule is Nc1cc(-c2ccc(Cl)cc2)cc2nc(-c3ccco3)nn12. The molecule has 0 saturated carbocycles. The molecule has 5 nitrogen and oxygen atoms in total. The number of aromatic nitrogens is 3. The van der Waals surface area contributed by atoms with Gasteiger partial charge in [-0.25, -0.2) is 4.98 Å². The van der Waals surface area contributed by atoms with Crippen molar-refractivity contribution in [3.63, 3.8) is 0 Å². The highest BCUT2D eigenvalue weighted by Crippen LogP contribution is 2.26. The minimum absolute atomic E-state index is 0.505. The number of anilines is 1. The molecule has 0 radical (unpaired) electrons. The Morgan fingerprint density at radius 1 is 1.05 bits per heavy atom. The largest absolute Gasteiger partial charge is 0.461 e. The molecule has 3 heterocycles. The molecule has 0 aliphatic heterocycles. The van der Waals surface area contributed by atoms with Gasteiger partial charge in [0.15, 0.2) is 11.4 Å². The van der Waals surface area contributed by atoms with E-state index in [-0.39, 0.29) is 0 Å². The first kappa shape index (κ1) is 12.9. The number of furan rings is 1. The molecule has 4 aromatic rings. The summed E-state index contributed by atoms with van der Waals surface area (Å²) in [5.41, 5.74) is 8.73. The van der Waals surface area contributed by atoms with Crippen molar-refractivity contribution in [2.75, 3.05) is 5.73 Å². The third kappa shape index (κ3) is 2.12. The second kappa shape index (κ2) is 4.89. The number of pyridine rings is 1. The molecule has 1 aromatic carbocycles. The number of fused-ring (bicyclic) bond motifs is 1. The van der Waals surface area contributed by atoms with Crippen molar-refractivity contribution >= 4 is 23.1 Å². The zero-order valence-corrected chi connectivity index (χ0v) is 12.2. The second-order valence-corrected chi connectivity index (χ2v) is 5.29. The van der Waals surface area contributed by atoms with Gasteiger partial charge in [-0.1, -0.05) is 23.7 Å². The van der Waals surface area contributed by atoms with E-state index in [2.05, 4.69) is 10.1 Å².